The Kier molecular flexibility index (Phi) is 4.51. The van der Waals surface area contributed by atoms with Crippen LogP contribution in [0.25, 0.3) is 11.1 Å². The van der Waals surface area contributed by atoms with Crippen LogP contribution in [0.5, 0.6) is 0 Å². The van der Waals surface area contributed by atoms with Crippen LogP contribution in [0.1, 0.15) is 11.1 Å². The van der Waals surface area contributed by atoms with Crippen molar-refractivity contribution in [3.05, 3.63) is 72.3 Å². The van der Waals surface area contributed by atoms with Crippen molar-refractivity contribution < 1.29 is 18.0 Å². The molecule has 128 valence electrons. The number of hydrogen-bond donors (Lipinski definition) is 1. The molecule has 2 aromatic heterocycles. The van der Waals surface area contributed by atoms with Gasteiger partial charge in [-0.25, -0.2) is 4.79 Å². The lowest BCUT2D eigenvalue weighted by molar-refractivity contribution is -0.137. The SMILES string of the molecule is O=C(NCc1cccc(-c2ccncc2)c1)n1cc(C(F)(F)F)cn1. The predicted octanol–water partition coefficient (Wildman–Crippen LogP) is 3.72. The van der Waals surface area contributed by atoms with Gasteiger partial charge in [0, 0.05) is 25.1 Å². The van der Waals surface area contributed by atoms with Crippen LogP contribution in [0.3, 0.4) is 0 Å². The van der Waals surface area contributed by atoms with Gasteiger partial charge >= 0.3 is 12.2 Å². The van der Waals surface area contributed by atoms with Crippen LogP contribution in [0.2, 0.25) is 0 Å². The minimum absolute atomic E-state index is 0.166. The quantitative estimate of drug-likeness (QED) is 0.786. The van der Waals surface area contributed by atoms with Crippen molar-refractivity contribution in [2.24, 2.45) is 0 Å². The lowest BCUT2D eigenvalue weighted by Gasteiger charge is -2.07. The number of benzene rings is 1. The van der Waals surface area contributed by atoms with Gasteiger partial charge in [-0.3, -0.25) is 4.98 Å². The van der Waals surface area contributed by atoms with Gasteiger partial charge in [0.1, 0.15) is 0 Å². The summed E-state index contributed by atoms with van der Waals surface area (Å²) in [6.45, 7) is 0.166. The number of nitrogens with one attached hydrogen (secondary N) is 1. The smallest absolute Gasteiger partial charge is 0.332 e. The summed E-state index contributed by atoms with van der Waals surface area (Å²) >= 11 is 0. The fourth-order valence-corrected chi connectivity index (χ4v) is 2.24. The summed E-state index contributed by atoms with van der Waals surface area (Å²) in [5.74, 6) is 0. The van der Waals surface area contributed by atoms with E-state index in [1.165, 1.54) is 0 Å². The number of carbonyl (C=O) groups excluding carboxylic acids is 1. The molecule has 0 aliphatic rings. The van der Waals surface area contributed by atoms with Crippen molar-refractivity contribution in [1.29, 1.82) is 0 Å². The van der Waals surface area contributed by atoms with Gasteiger partial charge in [0.05, 0.1) is 11.8 Å². The second kappa shape index (κ2) is 6.76. The Hall–Kier alpha value is -3.16. The Morgan fingerprint density at radius 1 is 1.12 bits per heavy atom. The average molecular weight is 346 g/mol. The highest BCUT2D eigenvalue weighted by Gasteiger charge is 2.32. The molecular formula is C17H13F3N4O. The van der Waals surface area contributed by atoms with Crippen molar-refractivity contribution in [3.8, 4) is 11.1 Å². The fraction of sp³-hybridized carbons (Fsp3) is 0.118. The maximum absolute atomic E-state index is 12.5. The third-order valence-electron chi connectivity index (χ3n) is 3.50. The van der Waals surface area contributed by atoms with E-state index in [4.69, 9.17) is 0 Å². The van der Waals surface area contributed by atoms with Crippen molar-refractivity contribution >= 4 is 6.03 Å². The van der Waals surface area contributed by atoms with Gasteiger partial charge in [-0.2, -0.15) is 23.0 Å². The van der Waals surface area contributed by atoms with Gasteiger partial charge in [-0.05, 0) is 34.9 Å². The summed E-state index contributed by atoms with van der Waals surface area (Å²) in [6.07, 6.45) is 0.100. The molecule has 0 atom stereocenters. The average Bonchev–Trinajstić information content (AvgIpc) is 3.11. The van der Waals surface area contributed by atoms with E-state index in [2.05, 4.69) is 15.4 Å². The van der Waals surface area contributed by atoms with Crippen LogP contribution < -0.4 is 5.32 Å². The third kappa shape index (κ3) is 4.03. The minimum Gasteiger partial charge on any atom is -0.332 e. The van der Waals surface area contributed by atoms with Crippen LogP contribution in [0, 0.1) is 0 Å². The molecule has 0 unspecified atom stereocenters. The number of pyridine rings is 1. The summed E-state index contributed by atoms with van der Waals surface area (Å²) in [4.78, 5) is 15.9. The van der Waals surface area contributed by atoms with Gasteiger partial charge in [-0.1, -0.05) is 18.2 Å². The van der Waals surface area contributed by atoms with Crippen LogP contribution in [0.4, 0.5) is 18.0 Å². The van der Waals surface area contributed by atoms with E-state index in [9.17, 15) is 18.0 Å². The summed E-state index contributed by atoms with van der Waals surface area (Å²) in [7, 11) is 0. The molecule has 0 saturated carbocycles. The molecule has 0 radical (unpaired) electrons. The molecule has 2 heterocycles. The molecule has 3 rings (SSSR count). The normalized spacial score (nSPS) is 11.3. The third-order valence-corrected chi connectivity index (χ3v) is 3.50. The van der Waals surface area contributed by atoms with Gasteiger partial charge in [0.15, 0.2) is 0 Å². The molecule has 0 aliphatic heterocycles. The van der Waals surface area contributed by atoms with E-state index in [1.807, 2.05) is 36.4 Å². The monoisotopic (exact) mass is 346 g/mol. The molecule has 3 aromatic rings. The van der Waals surface area contributed by atoms with Crippen LogP contribution in [0.15, 0.2) is 61.2 Å². The first-order valence-corrected chi connectivity index (χ1v) is 7.33. The molecule has 25 heavy (non-hydrogen) atoms. The number of amides is 1. The highest BCUT2D eigenvalue weighted by molar-refractivity contribution is 5.75. The Morgan fingerprint density at radius 3 is 2.56 bits per heavy atom. The van der Waals surface area contributed by atoms with Crippen molar-refractivity contribution in [3.63, 3.8) is 0 Å². The Balaban J connectivity index is 1.67. The summed E-state index contributed by atoms with van der Waals surface area (Å²) in [6, 6.07) is 10.5. The Morgan fingerprint density at radius 2 is 1.88 bits per heavy atom. The first-order valence-electron chi connectivity index (χ1n) is 7.33. The minimum atomic E-state index is -4.53. The van der Waals surface area contributed by atoms with Crippen LogP contribution in [-0.4, -0.2) is 20.8 Å². The van der Waals surface area contributed by atoms with E-state index in [1.54, 1.807) is 12.4 Å². The number of rotatable bonds is 3. The highest BCUT2D eigenvalue weighted by Crippen LogP contribution is 2.28. The van der Waals surface area contributed by atoms with Gasteiger partial charge < -0.3 is 5.32 Å². The molecule has 8 heteroatoms. The predicted molar refractivity (Wildman–Crippen MR) is 84.5 cm³/mol. The molecular weight excluding hydrogens is 333 g/mol. The van der Waals surface area contributed by atoms with Gasteiger partial charge in [0.25, 0.3) is 0 Å². The lowest BCUT2D eigenvalue weighted by atomic mass is 10.0. The van der Waals surface area contributed by atoms with Crippen molar-refractivity contribution in [2.75, 3.05) is 0 Å². The van der Waals surface area contributed by atoms with E-state index >= 15 is 0 Å². The van der Waals surface area contributed by atoms with E-state index in [-0.39, 0.29) is 6.54 Å². The lowest BCUT2D eigenvalue weighted by Crippen LogP contribution is -2.28. The second-order valence-corrected chi connectivity index (χ2v) is 5.27. The standard InChI is InChI=1S/C17H13F3N4O/c18-17(19,20)15-10-23-24(11-15)16(25)22-9-12-2-1-3-14(8-12)13-4-6-21-7-5-13/h1-8,10-11H,9H2,(H,22,25). The molecule has 5 nitrogen and oxygen atoms in total. The number of halogens is 3. The fourth-order valence-electron chi connectivity index (χ4n) is 2.24. The largest absolute Gasteiger partial charge is 0.419 e. The number of nitrogens with zero attached hydrogens (tertiary/aromatic N) is 3. The zero-order chi connectivity index (χ0) is 17.9. The van der Waals surface area contributed by atoms with Gasteiger partial charge in [0.2, 0.25) is 0 Å². The van der Waals surface area contributed by atoms with E-state index in [0.717, 1.165) is 16.7 Å². The maximum atomic E-state index is 12.5. The summed E-state index contributed by atoms with van der Waals surface area (Å²) in [5, 5.41) is 5.98. The maximum Gasteiger partial charge on any atom is 0.419 e. The van der Waals surface area contributed by atoms with Crippen molar-refractivity contribution in [1.82, 2.24) is 20.1 Å². The van der Waals surface area contributed by atoms with Crippen LogP contribution >= 0.6 is 0 Å². The summed E-state index contributed by atoms with van der Waals surface area (Å²) in [5.41, 5.74) is 1.77. The van der Waals surface area contributed by atoms with Gasteiger partial charge in [-0.15, -0.1) is 0 Å². The molecule has 0 bridgehead atoms. The molecule has 0 fully saturated rings. The molecule has 1 amide bonds. The first kappa shape index (κ1) is 16.7. The molecule has 0 aliphatic carbocycles. The summed E-state index contributed by atoms with van der Waals surface area (Å²) < 4.78 is 38.2. The molecule has 0 saturated heterocycles. The van der Waals surface area contributed by atoms with E-state index < -0.39 is 17.8 Å². The van der Waals surface area contributed by atoms with E-state index in [0.29, 0.717) is 17.1 Å². The number of carbonyl (C=O) groups is 1. The molecule has 1 N–H and O–H groups in total. The Labute approximate surface area is 141 Å². The number of hydrogen-bond acceptors (Lipinski definition) is 3. The number of aromatic nitrogens is 3. The molecule has 1 aromatic carbocycles. The zero-order valence-corrected chi connectivity index (χ0v) is 12.9. The number of alkyl halides is 3. The Bertz CT molecular complexity index is 875. The molecule has 0 spiro atoms. The van der Waals surface area contributed by atoms with Crippen LogP contribution in [-0.2, 0) is 12.7 Å². The zero-order valence-electron chi connectivity index (χ0n) is 12.9. The first-order chi connectivity index (χ1) is 11.9. The highest BCUT2D eigenvalue weighted by atomic mass is 19.4. The second-order valence-electron chi connectivity index (χ2n) is 5.27. The van der Waals surface area contributed by atoms with Crippen molar-refractivity contribution in [2.45, 2.75) is 12.7 Å². The topological polar surface area (TPSA) is 59.8 Å².